The van der Waals surface area contributed by atoms with Gasteiger partial charge in [-0.15, -0.1) is 0 Å². The van der Waals surface area contributed by atoms with Crippen molar-refractivity contribution in [3.63, 3.8) is 0 Å². The summed E-state index contributed by atoms with van der Waals surface area (Å²) >= 11 is 0. The first kappa shape index (κ1) is 20.6. The van der Waals surface area contributed by atoms with Gasteiger partial charge in [-0.25, -0.2) is 9.36 Å². The summed E-state index contributed by atoms with van der Waals surface area (Å²) in [5.74, 6) is -1.12. The number of nitrogens with one attached hydrogen (secondary N) is 1. The number of halogens is 1. The van der Waals surface area contributed by atoms with E-state index in [1.807, 2.05) is 35.3 Å². The molecule has 1 unspecified atom stereocenters. The number of phosphoric acid groups is 1. The Hall–Kier alpha value is -2.10. The molecule has 1 aliphatic heterocycles. The third-order valence-corrected chi connectivity index (χ3v) is 5.70. The van der Waals surface area contributed by atoms with Crippen LogP contribution in [0.4, 0.5) is 4.39 Å². The lowest BCUT2D eigenvalue weighted by Crippen LogP contribution is -2.44. The van der Waals surface area contributed by atoms with Gasteiger partial charge >= 0.3 is 13.5 Å². The van der Waals surface area contributed by atoms with Crippen molar-refractivity contribution in [1.29, 1.82) is 0 Å². The molecule has 2 heterocycles. The van der Waals surface area contributed by atoms with Gasteiger partial charge in [-0.05, 0) is 12.0 Å². The van der Waals surface area contributed by atoms with Crippen LogP contribution in [0.1, 0.15) is 5.56 Å². The number of nitrogens with zero attached hydrogens (tertiary/aromatic N) is 1. The van der Waals surface area contributed by atoms with Crippen LogP contribution < -0.4 is 11.2 Å². The monoisotopic (exact) mass is 414 g/mol. The highest BCUT2D eigenvalue weighted by Crippen LogP contribution is 2.54. The molecule has 0 amide bonds. The Morgan fingerprint density at radius 1 is 1.32 bits per heavy atom. The highest BCUT2D eigenvalue weighted by Gasteiger charge is 2.41. The summed E-state index contributed by atoms with van der Waals surface area (Å²) < 4.78 is 48.4. The first-order valence-corrected chi connectivity index (χ1v) is 10.00. The fraction of sp³-hybridized carbons (Fsp3) is 0.412. The standard InChI is InChI=1S/C17H20FN2O7P/c1-24-15-11-26-28(23,25-8-7-12-5-3-2-4-6-12)27-14(15)10-20-9-13(18)16(21)19-17(20)22/h2-6,9,14-15H,7-8,10-11H2,1H3,(H,19,21,22)/t14-,15+,28?/m0/s1. The Labute approximate surface area is 159 Å². The van der Waals surface area contributed by atoms with Crippen molar-refractivity contribution in [1.82, 2.24) is 9.55 Å². The van der Waals surface area contributed by atoms with Crippen molar-refractivity contribution >= 4 is 7.82 Å². The van der Waals surface area contributed by atoms with E-state index < -0.39 is 37.1 Å². The molecule has 0 saturated carbocycles. The zero-order valence-electron chi connectivity index (χ0n) is 15.1. The van der Waals surface area contributed by atoms with E-state index in [1.165, 1.54) is 7.11 Å². The van der Waals surface area contributed by atoms with Crippen LogP contribution in [-0.2, 0) is 35.8 Å². The summed E-state index contributed by atoms with van der Waals surface area (Å²) in [7, 11) is -2.50. The number of hydrogen-bond acceptors (Lipinski definition) is 7. The molecule has 3 atom stereocenters. The molecule has 0 spiro atoms. The fourth-order valence-electron chi connectivity index (χ4n) is 2.71. The zero-order valence-corrected chi connectivity index (χ0v) is 16.0. The van der Waals surface area contributed by atoms with Crippen LogP contribution >= 0.6 is 7.82 Å². The summed E-state index contributed by atoms with van der Waals surface area (Å²) in [5.41, 5.74) is -0.948. The van der Waals surface area contributed by atoms with E-state index in [1.54, 1.807) is 0 Å². The molecular formula is C17H20FN2O7P. The van der Waals surface area contributed by atoms with E-state index in [4.69, 9.17) is 18.3 Å². The van der Waals surface area contributed by atoms with Gasteiger partial charge in [0.1, 0.15) is 12.2 Å². The highest BCUT2D eigenvalue weighted by atomic mass is 31.2. The van der Waals surface area contributed by atoms with Crippen LogP contribution in [-0.4, -0.2) is 42.1 Å². The maximum absolute atomic E-state index is 13.5. The second kappa shape index (κ2) is 8.93. The maximum Gasteiger partial charge on any atom is 0.475 e. The first-order valence-electron chi connectivity index (χ1n) is 8.54. The number of aromatic nitrogens is 2. The minimum Gasteiger partial charge on any atom is -0.376 e. The third kappa shape index (κ3) is 5.03. The van der Waals surface area contributed by atoms with E-state index in [-0.39, 0.29) is 19.8 Å². The number of methoxy groups -OCH3 is 1. The number of benzene rings is 1. The molecule has 1 aromatic carbocycles. The molecule has 3 rings (SSSR count). The van der Waals surface area contributed by atoms with Crippen molar-refractivity contribution in [3.05, 3.63) is 68.7 Å². The van der Waals surface area contributed by atoms with Gasteiger partial charge < -0.3 is 4.74 Å². The number of phosphoric ester groups is 1. The number of aromatic amines is 1. The number of H-pyrrole nitrogens is 1. The van der Waals surface area contributed by atoms with Crippen molar-refractivity contribution in [2.75, 3.05) is 20.3 Å². The number of rotatable bonds is 7. The second-order valence-electron chi connectivity index (χ2n) is 6.12. The van der Waals surface area contributed by atoms with Gasteiger partial charge in [-0.3, -0.25) is 27.9 Å². The van der Waals surface area contributed by atoms with Gasteiger partial charge in [0.2, 0.25) is 5.82 Å². The van der Waals surface area contributed by atoms with Crippen molar-refractivity contribution in [2.45, 2.75) is 25.2 Å². The smallest absolute Gasteiger partial charge is 0.376 e. The lowest BCUT2D eigenvalue weighted by atomic mass is 10.2. The SMILES string of the molecule is CO[C@@H]1COP(=O)(OCCc2ccccc2)O[C@H]1Cn1cc(F)c(=O)[nH]c1=O. The quantitative estimate of drug-likeness (QED) is 0.684. The van der Waals surface area contributed by atoms with E-state index in [0.29, 0.717) is 6.42 Å². The van der Waals surface area contributed by atoms with Crippen LogP contribution in [0.15, 0.2) is 46.1 Å². The summed E-state index contributed by atoms with van der Waals surface area (Å²) in [6.45, 7) is -0.205. The molecule has 1 fully saturated rings. The average Bonchev–Trinajstić information content (AvgIpc) is 2.67. The molecule has 1 saturated heterocycles. The molecule has 0 aliphatic carbocycles. The number of ether oxygens (including phenoxy) is 1. The van der Waals surface area contributed by atoms with Crippen molar-refractivity contribution < 1.29 is 27.3 Å². The van der Waals surface area contributed by atoms with E-state index in [0.717, 1.165) is 16.3 Å². The molecule has 0 bridgehead atoms. The van der Waals surface area contributed by atoms with Crippen LogP contribution in [0.3, 0.4) is 0 Å². The Morgan fingerprint density at radius 2 is 2.07 bits per heavy atom. The van der Waals surface area contributed by atoms with Crippen LogP contribution in [0.2, 0.25) is 0 Å². The van der Waals surface area contributed by atoms with Gasteiger partial charge in [0.05, 0.1) is 26.0 Å². The predicted molar refractivity (Wildman–Crippen MR) is 96.6 cm³/mol. The fourth-order valence-corrected chi connectivity index (χ4v) is 4.08. The highest BCUT2D eigenvalue weighted by molar-refractivity contribution is 7.48. The minimum absolute atomic E-state index is 0.0929. The molecule has 1 N–H and O–H groups in total. The Balaban J connectivity index is 1.68. The van der Waals surface area contributed by atoms with Crippen LogP contribution in [0, 0.1) is 5.82 Å². The third-order valence-electron chi connectivity index (χ3n) is 4.21. The predicted octanol–water partition coefficient (Wildman–Crippen LogP) is 1.47. The largest absolute Gasteiger partial charge is 0.475 e. The summed E-state index contributed by atoms with van der Waals surface area (Å²) in [4.78, 5) is 24.9. The van der Waals surface area contributed by atoms with E-state index >= 15 is 0 Å². The van der Waals surface area contributed by atoms with Crippen LogP contribution in [0.5, 0.6) is 0 Å². The van der Waals surface area contributed by atoms with Crippen LogP contribution in [0.25, 0.3) is 0 Å². The second-order valence-corrected chi connectivity index (χ2v) is 7.74. The van der Waals surface area contributed by atoms with Gasteiger partial charge in [0.25, 0.3) is 5.56 Å². The summed E-state index contributed by atoms with van der Waals surface area (Å²) in [6.07, 6.45) is -0.319. The number of hydrogen-bond donors (Lipinski definition) is 1. The maximum atomic E-state index is 13.5. The van der Waals surface area contributed by atoms with Gasteiger partial charge in [-0.1, -0.05) is 30.3 Å². The minimum atomic E-state index is -3.89. The van der Waals surface area contributed by atoms with Gasteiger partial charge in [-0.2, -0.15) is 4.39 Å². The average molecular weight is 414 g/mol. The lowest BCUT2D eigenvalue weighted by Gasteiger charge is -2.34. The Bertz CT molecular complexity index is 962. The van der Waals surface area contributed by atoms with Gasteiger partial charge in [0.15, 0.2) is 0 Å². The van der Waals surface area contributed by atoms with Gasteiger partial charge in [0, 0.05) is 7.11 Å². The lowest BCUT2D eigenvalue weighted by molar-refractivity contribution is -0.0854. The molecule has 11 heteroatoms. The topological polar surface area (TPSA) is 109 Å². The zero-order chi connectivity index (χ0) is 20.1. The molecule has 0 radical (unpaired) electrons. The van der Waals surface area contributed by atoms with Crippen molar-refractivity contribution in [2.24, 2.45) is 0 Å². The van der Waals surface area contributed by atoms with Crippen molar-refractivity contribution in [3.8, 4) is 0 Å². The van der Waals surface area contributed by atoms with E-state index in [2.05, 4.69) is 0 Å². The molecule has 9 nitrogen and oxygen atoms in total. The van der Waals surface area contributed by atoms with E-state index in [9.17, 15) is 18.5 Å². The molecule has 152 valence electrons. The summed E-state index contributed by atoms with van der Waals surface area (Å²) in [5, 5.41) is 0. The molecule has 2 aromatic rings. The molecule has 1 aliphatic rings. The summed E-state index contributed by atoms with van der Waals surface area (Å²) in [6, 6.07) is 9.46. The molecule has 28 heavy (non-hydrogen) atoms. The Kier molecular flexibility index (Phi) is 6.58. The molecular weight excluding hydrogens is 394 g/mol. The normalized spacial score (nSPS) is 24.9. The molecule has 1 aromatic heterocycles. The Morgan fingerprint density at radius 3 is 2.79 bits per heavy atom. The first-order chi connectivity index (χ1) is 13.4.